The van der Waals surface area contributed by atoms with E-state index in [0.717, 1.165) is 17.2 Å². The highest BCUT2D eigenvalue weighted by Crippen LogP contribution is 2.27. The Kier molecular flexibility index (Phi) is 6.74. The smallest absolute Gasteiger partial charge is 0.257 e. The average Bonchev–Trinajstić information content (AvgIpc) is 3.17. The molecule has 3 rings (SSSR count). The molecule has 8 heteroatoms. The van der Waals surface area contributed by atoms with E-state index in [0.29, 0.717) is 25.3 Å². The quantitative estimate of drug-likeness (QED) is 0.726. The lowest BCUT2D eigenvalue weighted by Crippen LogP contribution is -2.39. The molecule has 0 aliphatic carbocycles. The number of carbonyl (C=O) groups excluding carboxylic acids is 2. The highest BCUT2D eigenvalue weighted by atomic mass is 32.2. The molecule has 2 amide bonds. The third-order valence-corrected chi connectivity index (χ3v) is 5.37. The maximum atomic E-state index is 13.8. The van der Waals surface area contributed by atoms with Crippen LogP contribution in [0.2, 0.25) is 0 Å². The lowest BCUT2D eigenvalue weighted by Gasteiger charge is -2.19. The van der Waals surface area contributed by atoms with E-state index in [-0.39, 0.29) is 29.3 Å². The van der Waals surface area contributed by atoms with Crippen LogP contribution in [0, 0.1) is 11.7 Å². The number of ether oxygens (including phenoxy) is 1. The van der Waals surface area contributed by atoms with Gasteiger partial charge in [0.1, 0.15) is 17.1 Å². The highest BCUT2D eigenvalue weighted by molar-refractivity contribution is 7.98. The van der Waals surface area contributed by atoms with E-state index < -0.39 is 11.7 Å². The normalized spacial score (nSPS) is 16.2. The van der Waals surface area contributed by atoms with Gasteiger partial charge < -0.3 is 15.0 Å². The van der Waals surface area contributed by atoms with Crippen LogP contribution in [0.4, 0.5) is 4.39 Å². The maximum Gasteiger partial charge on any atom is 0.257 e. The number of benzene rings is 1. The lowest BCUT2D eigenvalue weighted by atomic mass is 10.2. The Labute approximate surface area is 173 Å². The van der Waals surface area contributed by atoms with Crippen LogP contribution in [0.3, 0.4) is 0 Å². The summed E-state index contributed by atoms with van der Waals surface area (Å²) in [7, 11) is 0. The number of aromatic nitrogens is 1. The summed E-state index contributed by atoms with van der Waals surface area (Å²) in [6.07, 6.45) is 3.62. The minimum atomic E-state index is -0.622. The van der Waals surface area contributed by atoms with E-state index in [2.05, 4.69) is 10.3 Å². The number of hydrogen-bond donors (Lipinski definition) is 1. The number of rotatable bonds is 6. The van der Waals surface area contributed by atoms with E-state index in [1.165, 1.54) is 0 Å². The van der Waals surface area contributed by atoms with Crippen molar-refractivity contribution in [1.82, 2.24) is 15.2 Å². The summed E-state index contributed by atoms with van der Waals surface area (Å²) < 4.78 is 19.5. The summed E-state index contributed by atoms with van der Waals surface area (Å²) in [5, 5.41) is 2.87. The van der Waals surface area contributed by atoms with E-state index in [4.69, 9.17) is 4.74 Å². The molecule has 2 heterocycles. The first-order valence-electron chi connectivity index (χ1n) is 9.44. The molecule has 1 aromatic carbocycles. The SMILES string of the molecule is CSc1cccc(Oc2ncc(F)cc2C(=O)NC2CCN(C(=O)C(C)C)C2)c1. The molecule has 0 bridgehead atoms. The fourth-order valence-electron chi connectivity index (χ4n) is 3.15. The van der Waals surface area contributed by atoms with Crippen molar-refractivity contribution in [3.8, 4) is 11.6 Å². The summed E-state index contributed by atoms with van der Waals surface area (Å²) in [5.74, 6) is -0.573. The molecule has 0 radical (unpaired) electrons. The van der Waals surface area contributed by atoms with Gasteiger partial charge in [0.05, 0.1) is 6.20 Å². The minimum absolute atomic E-state index is 0.0215. The van der Waals surface area contributed by atoms with Gasteiger partial charge in [0.25, 0.3) is 5.91 Å². The van der Waals surface area contributed by atoms with Crippen molar-refractivity contribution < 1.29 is 18.7 Å². The number of hydrogen-bond acceptors (Lipinski definition) is 5. The van der Waals surface area contributed by atoms with Gasteiger partial charge in [-0.2, -0.15) is 0 Å². The lowest BCUT2D eigenvalue weighted by molar-refractivity contribution is -0.133. The number of nitrogens with zero attached hydrogens (tertiary/aromatic N) is 2. The average molecular weight is 418 g/mol. The zero-order chi connectivity index (χ0) is 21.0. The second-order valence-corrected chi connectivity index (χ2v) is 8.06. The highest BCUT2D eigenvalue weighted by Gasteiger charge is 2.29. The third-order valence-electron chi connectivity index (χ3n) is 4.65. The zero-order valence-electron chi connectivity index (χ0n) is 16.6. The summed E-state index contributed by atoms with van der Waals surface area (Å²) >= 11 is 1.56. The Hall–Kier alpha value is -2.61. The molecule has 1 N–H and O–H groups in total. The van der Waals surface area contributed by atoms with Crippen molar-refractivity contribution in [2.75, 3.05) is 19.3 Å². The van der Waals surface area contributed by atoms with Gasteiger partial charge in [-0.05, 0) is 36.9 Å². The van der Waals surface area contributed by atoms with Gasteiger partial charge in [-0.3, -0.25) is 9.59 Å². The molecule has 29 heavy (non-hydrogen) atoms. The molecular weight excluding hydrogens is 393 g/mol. The second kappa shape index (κ2) is 9.26. The van der Waals surface area contributed by atoms with Crippen molar-refractivity contribution in [3.05, 3.63) is 47.9 Å². The molecule has 1 aliphatic heterocycles. The minimum Gasteiger partial charge on any atom is -0.438 e. The Morgan fingerprint density at radius 3 is 2.86 bits per heavy atom. The van der Waals surface area contributed by atoms with Crippen molar-refractivity contribution in [3.63, 3.8) is 0 Å². The zero-order valence-corrected chi connectivity index (χ0v) is 17.5. The van der Waals surface area contributed by atoms with Gasteiger partial charge in [-0.15, -0.1) is 11.8 Å². The fourth-order valence-corrected chi connectivity index (χ4v) is 3.60. The van der Waals surface area contributed by atoms with Crippen LogP contribution < -0.4 is 10.1 Å². The first kappa shape index (κ1) is 21.1. The van der Waals surface area contributed by atoms with E-state index >= 15 is 0 Å². The monoisotopic (exact) mass is 417 g/mol. The number of carbonyl (C=O) groups is 2. The summed E-state index contributed by atoms with van der Waals surface area (Å²) in [6, 6.07) is 8.27. The van der Waals surface area contributed by atoms with E-state index in [9.17, 15) is 14.0 Å². The van der Waals surface area contributed by atoms with Crippen LogP contribution in [0.25, 0.3) is 0 Å². The van der Waals surface area contributed by atoms with Gasteiger partial charge in [0.15, 0.2) is 0 Å². The van der Waals surface area contributed by atoms with Crippen molar-refractivity contribution >= 4 is 23.6 Å². The molecule has 0 spiro atoms. The number of halogens is 1. The van der Waals surface area contributed by atoms with Gasteiger partial charge in [0.2, 0.25) is 11.8 Å². The van der Waals surface area contributed by atoms with Gasteiger partial charge in [-0.25, -0.2) is 9.37 Å². The number of pyridine rings is 1. The topological polar surface area (TPSA) is 71.5 Å². The Bertz CT molecular complexity index is 906. The molecule has 1 aromatic heterocycles. The predicted octanol–water partition coefficient (Wildman–Crippen LogP) is 3.72. The van der Waals surface area contributed by atoms with Gasteiger partial charge >= 0.3 is 0 Å². The second-order valence-electron chi connectivity index (χ2n) is 7.19. The van der Waals surface area contributed by atoms with Crippen LogP contribution in [0.15, 0.2) is 41.4 Å². The molecule has 1 aliphatic rings. The van der Waals surface area contributed by atoms with E-state index in [1.54, 1.807) is 22.7 Å². The van der Waals surface area contributed by atoms with Crippen LogP contribution >= 0.6 is 11.8 Å². The molecule has 0 saturated carbocycles. The van der Waals surface area contributed by atoms with Crippen LogP contribution in [-0.2, 0) is 4.79 Å². The van der Waals surface area contributed by atoms with Crippen molar-refractivity contribution in [2.24, 2.45) is 5.92 Å². The molecule has 6 nitrogen and oxygen atoms in total. The molecule has 1 unspecified atom stereocenters. The van der Waals surface area contributed by atoms with Crippen molar-refractivity contribution in [2.45, 2.75) is 31.2 Å². The predicted molar refractivity (Wildman–Crippen MR) is 110 cm³/mol. The molecule has 1 fully saturated rings. The first-order chi connectivity index (χ1) is 13.9. The van der Waals surface area contributed by atoms with Crippen LogP contribution in [-0.4, -0.2) is 47.1 Å². The number of likely N-dealkylation sites (tertiary alicyclic amines) is 1. The third kappa shape index (κ3) is 5.26. The Morgan fingerprint density at radius 1 is 1.34 bits per heavy atom. The molecule has 154 valence electrons. The standard InChI is InChI=1S/C21H24FN3O3S/c1-13(2)21(27)25-8-7-15(12-25)24-19(26)18-9-14(22)11-23-20(18)28-16-5-4-6-17(10-16)29-3/h4-6,9-11,13,15H,7-8,12H2,1-3H3,(H,24,26). The summed E-state index contributed by atoms with van der Waals surface area (Å²) in [5.41, 5.74) is 0.0215. The summed E-state index contributed by atoms with van der Waals surface area (Å²) in [6.45, 7) is 4.73. The summed E-state index contributed by atoms with van der Waals surface area (Å²) in [4.78, 5) is 31.6. The number of nitrogens with one attached hydrogen (secondary N) is 1. The van der Waals surface area contributed by atoms with E-state index in [1.807, 2.05) is 38.3 Å². The Balaban J connectivity index is 1.73. The van der Waals surface area contributed by atoms with Crippen LogP contribution in [0.5, 0.6) is 11.6 Å². The number of amides is 2. The fraction of sp³-hybridized carbons (Fsp3) is 0.381. The maximum absolute atomic E-state index is 13.8. The molecule has 1 saturated heterocycles. The number of thioether (sulfide) groups is 1. The van der Waals surface area contributed by atoms with Crippen LogP contribution in [0.1, 0.15) is 30.6 Å². The van der Waals surface area contributed by atoms with Crippen molar-refractivity contribution in [1.29, 1.82) is 0 Å². The van der Waals surface area contributed by atoms with Gasteiger partial charge in [0, 0.05) is 29.9 Å². The molecule has 2 aromatic rings. The molecular formula is C21H24FN3O3S. The van der Waals surface area contributed by atoms with Gasteiger partial charge in [-0.1, -0.05) is 19.9 Å². The molecule has 1 atom stereocenters. The first-order valence-corrected chi connectivity index (χ1v) is 10.7. The largest absolute Gasteiger partial charge is 0.438 e. The Morgan fingerprint density at radius 2 is 2.14 bits per heavy atom.